The van der Waals surface area contributed by atoms with Gasteiger partial charge in [-0.2, -0.15) is 8.78 Å². The van der Waals surface area contributed by atoms with Crippen LogP contribution in [0.25, 0.3) is 10.6 Å². The van der Waals surface area contributed by atoms with Gasteiger partial charge in [0.25, 0.3) is 0 Å². The van der Waals surface area contributed by atoms with Crippen LogP contribution in [0.5, 0.6) is 5.75 Å². The highest BCUT2D eigenvalue weighted by Gasteiger charge is 2.23. The Balaban J connectivity index is 2.01. The molecule has 0 aliphatic heterocycles. The molecule has 0 amide bonds. The molecule has 20 heavy (non-hydrogen) atoms. The van der Waals surface area contributed by atoms with E-state index >= 15 is 0 Å². The first-order valence-corrected chi connectivity index (χ1v) is 7.26. The highest BCUT2D eigenvalue weighted by atomic mass is 32.1. The normalized spacial score (nSPS) is 18.1. The number of nitrogens with two attached hydrogens (primary N) is 1. The quantitative estimate of drug-likeness (QED) is 0.938. The average Bonchev–Trinajstić information content (AvgIpc) is 2.84. The molecular weight excluding hydrogens is 282 g/mol. The zero-order valence-corrected chi connectivity index (χ0v) is 11.5. The number of fused-ring (bicyclic) bond motifs is 1. The molecule has 106 valence electrons. The Labute approximate surface area is 119 Å². The standard InChI is InChI=1S/C14H14F2N2OS/c15-14(16)19-10-6-2-1-4-8(10)13-18-12-9(17)5-3-7-11(12)20-13/h1-2,4,6,9,14H,3,5,7,17H2. The van der Waals surface area contributed by atoms with Crippen LogP contribution in [-0.4, -0.2) is 11.6 Å². The predicted octanol–water partition coefficient (Wildman–Crippen LogP) is 3.75. The van der Waals surface area contributed by atoms with Gasteiger partial charge in [-0.05, 0) is 31.4 Å². The summed E-state index contributed by atoms with van der Waals surface area (Å²) in [6.07, 6.45) is 2.93. The van der Waals surface area contributed by atoms with Crippen LogP contribution in [0.2, 0.25) is 0 Å². The third-order valence-corrected chi connectivity index (χ3v) is 4.50. The number of rotatable bonds is 3. The summed E-state index contributed by atoms with van der Waals surface area (Å²) in [7, 11) is 0. The minimum atomic E-state index is -2.84. The van der Waals surface area contributed by atoms with Gasteiger partial charge in [-0.1, -0.05) is 12.1 Å². The molecule has 3 nitrogen and oxygen atoms in total. The van der Waals surface area contributed by atoms with E-state index in [0.29, 0.717) is 10.6 Å². The van der Waals surface area contributed by atoms with E-state index in [9.17, 15) is 8.78 Å². The summed E-state index contributed by atoms with van der Waals surface area (Å²) in [5, 5.41) is 0.698. The maximum absolute atomic E-state index is 12.4. The molecule has 1 aromatic carbocycles. The molecule has 0 spiro atoms. The molecule has 0 saturated carbocycles. The van der Waals surface area contributed by atoms with Crippen molar-refractivity contribution in [3.05, 3.63) is 34.8 Å². The van der Waals surface area contributed by atoms with Crippen LogP contribution in [0.3, 0.4) is 0 Å². The van der Waals surface area contributed by atoms with E-state index in [1.807, 2.05) is 0 Å². The Morgan fingerprint density at radius 2 is 2.15 bits per heavy atom. The van der Waals surface area contributed by atoms with Gasteiger partial charge in [0.15, 0.2) is 0 Å². The lowest BCUT2D eigenvalue weighted by atomic mass is 9.99. The van der Waals surface area contributed by atoms with Gasteiger partial charge in [-0.15, -0.1) is 11.3 Å². The first-order chi connectivity index (χ1) is 9.65. The minimum Gasteiger partial charge on any atom is -0.434 e. The molecule has 1 aromatic heterocycles. The van der Waals surface area contributed by atoms with Gasteiger partial charge in [0.2, 0.25) is 0 Å². The summed E-state index contributed by atoms with van der Waals surface area (Å²) in [6.45, 7) is -2.84. The Morgan fingerprint density at radius 1 is 1.35 bits per heavy atom. The molecule has 1 heterocycles. The monoisotopic (exact) mass is 296 g/mol. The highest BCUT2D eigenvalue weighted by molar-refractivity contribution is 7.15. The number of halogens is 2. The topological polar surface area (TPSA) is 48.1 Å². The van der Waals surface area contributed by atoms with E-state index < -0.39 is 6.61 Å². The molecule has 1 aliphatic carbocycles. The molecule has 1 unspecified atom stereocenters. The summed E-state index contributed by atoms with van der Waals surface area (Å²) >= 11 is 1.52. The first kappa shape index (κ1) is 13.5. The molecule has 1 aliphatic rings. The smallest absolute Gasteiger partial charge is 0.387 e. The van der Waals surface area contributed by atoms with E-state index in [-0.39, 0.29) is 11.8 Å². The Hall–Kier alpha value is -1.53. The van der Waals surface area contributed by atoms with E-state index in [2.05, 4.69) is 9.72 Å². The van der Waals surface area contributed by atoms with Crippen molar-refractivity contribution in [2.24, 2.45) is 5.73 Å². The SMILES string of the molecule is NC1CCCc2sc(-c3ccccc3OC(F)F)nc21. The van der Waals surface area contributed by atoms with Crippen LogP contribution in [-0.2, 0) is 6.42 Å². The molecule has 2 aromatic rings. The van der Waals surface area contributed by atoms with Crippen LogP contribution >= 0.6 is 11.3 Å². The second kappa shape index (κ2) is 5.46. The lowest BCUT2D eigenvalue weighted by molar-refractivity contribution is -0.0494. The minimum absolute atomic E-state index is 0.0491. The number of nitrogens with zero attached hydrogens (tertiary/aromatic N) is 1. The molecule has 6 heteroatoms. The molecular formula is C14H14F2N2OS. The summed E-state index contributed by atoms with van der Waals surface area (Å²) in [4.78, 5) is 5.70. The van der Waals surface area contributed by atoms with Gasteiger partial charge in [-0.25, -0.2) is 4.98 Å². The molecule has 0 saturated heterocycles. The molecule has 0 radical (unpaired) electrons. The van der Waals surface area contributed by atoms with Crippen molar-refractivity contribution < 1.29 is 13.5 Å². The first-order valence-electron chi connectivity index (χ1n) is 6.44. The number of para-hydroxylation sites is 1. The fraction of sp³-hybridized carbons (Fsp3) is 0.357. The third kappa shape index (κ3) is 2.53. The Bertz CT molecular complexity index is 615. The van der Waals surface area contributed by atoms with Crippen LogP contribution in [0, 0.1) is 0 Å². The fourth-order valence-corrected chi connectivity index (χ4v) is 3.61. The molecule has 1 atom stereocenters. The van der Waals surface area contributed by atoms with Crippen molar-refractivity contribution in [2.45, 2.75) is 31.9 Å². The van der Waals surface area contributed by atoms with Crippen LogP contribution in [0.4, 0.5) is 8.78 Å². The van der Waals surface area contributed by atoms with Crippen molar-refractivity contribution in [3.63, 3.8) is 0 Å². The van der Waals surface area contributed by atoms with Gasteiger partial charge in [0, 0.05) is 10.9 Å². The number of aryl methyl sites for hydroxylation is 1. The van der Waals surface area contributed by atoms with E-state index in [1.165, 1.54) is 17.4 Å². The van der Waals surface area contributed by atoms with Crippen molar-refractivity contribution in [1.29, 1.82) is 0 Å². The zero-order valence-electron chi connectivity index (χ0n) is 10.7. The molecule has 2 N–H and O–H groups in total. The van der Waals surface area contributed by atoms with Crippen LogP contribution in [0.15, 0.2) is 24.3 Å². The number of aromatic nitrogens is 1. The lowest BCUT2D eigenvalue weighted by Crippen LogP contribution is -2.16. The highest BCUT2D eigenvalue weighted by Crippen LogP contribution is 2.39. The van der Waals surface area contributed by atoms with Gasteiger partial charge >= 0.3 is 6.61 Å². The largest absolute Gasteiger partial charge is 0.434 e. The lowest BCUT2D eigenvalue weighted by Gasteiger charge is -2.15. The summed E-state index contributed by atoms with van der Waals surface area (Å²) in [5.74, 6) is 0.155. The summed E-state index contributed by atoms with van der Waals surface area (Å²) < 4.78 is 29.5. The van der Waals surface area contributed by atoms with Crippen LogP contribution < -0.4 is 10.5 Å². The molecule has 3 rings (SSSR count). The number of benzene rings is 1. The number of hydrogen-bond donors (Lipinski definition) is 1. The third-order valence-electron chi connectivity index (χ3n) is 3.33. The number of ether oxygens (including phenoxy) is 1. The van der Waals surface area contributed by atoms with Gasteiger partial charge in [0.05, 0.1) is 11.3 Å². The Morgan fingerprint density at radius 3 is 2.90 bits per heavy atom. The number of alkyl halides is 2. The zero-order chi connectivity index (χ0) is 14.1. The summed E-state index contributed by atoms with van der Waals surface area (Å²) in [5.41, 5.74) is 7.55. The molecule has 0 bridgehead atoms. The van der Waals surface area contributed by atoms with Gasteiger partial charge < -0.3 is 10.5 Å². The predicted molar refractivity (Wildman–Crippen MR) is 74.0 cm³/mol. The van der Waals surface area contributed by atoms with Crippen molar-refractivity contribution >= 4 is 11.3 Å². The number of thiazole rings is 1. The van der Waals surface area contributed by atoms with Crippen LogP contribution in [0.1, 0.15) is 29.5 Å². The van der Waals surface area contributed by atoms with Gasteiger partial charge in [0.1, 0.15) is 10.8 Å². The average molecular weight is 296 g/mol. The van der Waals surface area contributed by atoms with Gasteiger partial charge in [-0.3, -0.25) is 0 Å². The second-order valence-corrected chi connectivity index (χ2v) is 5.78. The summed E-state index contributed by atoms with van der Waals surface area (Å²) in [6, 6.07) is 6.68. The Kier molecular flexibility index (Phi) is 3.67. The van der Waals surface area contributed by atoms with E-state index in [0.717, 1.165) is 29.8 Å². The maximum atomic E-state index is 12.4. The maximum Gasteiger partial charge on any atom is 0.387 e. The van der Waals surface area contributed by atoms with E-state index in [4.69, 9.17) is 5.73 Å². The molecule has 0 fully saturated rings. The fourth-order valence-electron chi connectivity index (χ4n) is 2.41. The van der Waals surface area contributed by atoms with Crippen molar-refractivity contribution in [3.8, 4) is 16.3 Å². The number of hydrogen-bond acceptors (Lipinski definition) is 4. The van der Waals surface area contributed by atoms with Crippen molar-refractivity contribution in [1.82, 2.24) is 4.98 Å². The van der Waals surface area contributed by atoms with Crippen molar-refractivity contribution in [2.75, 3.05) is 0 Å². The second-order valence-electron chi connectivity index (χ2n) is 4.70. The van der Waals surface area contributed by atoms with E-state index in [1.54, 1.807) is 18.2 Å².